The topological polar surface area (TPSA) is 89.8 Å². The predicted octanol–water partition coefficient (Wildman–Crippen LogP) is 10.8. The Kier molecular flexibility index (Phi) is 35.3. The highest BCUT2D eigenvalue weighted by Crippen LogP contribution is 2.15. The van der Waals surface area contributed by atoms with Crippen molar-refractivity contribution >= 4 is 5.91 Å². The van der Waals surface area contributed by atoms with Gasteiger partial charge in [-0.05, 0) is 51.4 Å². The number of aliphatic hydroxyl groups excluding tert-OH is 3. The molecule has 0 rings (SSSR count). The molecular formula is C41H77NO4. The van der Waals surface area contributed by atoms with Gasteiger partial charge in [0.1, 0.15) is 0 Å². The number of nitrogens with one attached hydrogen (secondary N) is 1. The number of hydrogen-bond acceptors (Lipinski definition) is 4. The number of amides is 1. The Hall–Kier alpha value is -1.43. The summed E-state index contributed by atoms with van der Waals surface area (Å²) in [6.07, 6.45) is 44.4. The summed E-state index contributed by atoms with van der Waals surface area (Å²) in [5, 5.41) is 32.9. The standard InChI is InChI=1S/C41H77NO4/c1-3-5-7-9-11-13-14-15-16-17-18-19-20-21-22-23-24-25-26-27-29-31-33-35-40(45)39(37-43)42-41(46)36-38(44)34-32-30-28-12-10-8-6-4-2/h10,12,26-27,33,35,38-40,43-45H,3-9,11,13-25,28-32,34,36-37H2,1-2H3,(H,42,46)/b12-10-,27-26+,35-33+. The number of allylic oxidation sites excluding steroid dienone is 5. The van der Waals surface area contributed by atoms with E-state index < -0.39 is 18.2 Å². The Balaban J connectivity index is 3.69. The number of hydrogen-bond donors (Lipinski definition) is 4. The van der Waals surface area contributed by atoms with Gasteiger partial charge in [0.2, 0.25) is 5.91 Å². The van der Waals surface area contributed by atoms with E-state index in [4.69, 9.17) is 0 Å². The van der Waals surface area contributed by atoms with Crippen LogP contribution in [0.4, 0.5) is 0 Å². The van der Waals surface area contributed by atoms with Crippen LogP contribution in [0.5, 0.6) is 0 Å². The van der Waals surface area contributed by atoms with Crippen LogP contribution in [0.15, 0.2) is 36.5 Å². The molecule has 3 unspecified atom stereocenters. The maximum Gasteiger partial charge on any atom is 0.222 e. The Morgan fingerprint density at radius 2 is 0.957 bits per heavy atom. The first kappa shape index (κ1) is 44.6. The van der Waals surface area contributed by atoms with Gasteiger partial charge in [-0.1, -0.05) is 172 Å². The maximum absolute atomic E-state index is 12.3. The molecule has 4 N–H and O–H groups in total. The van der Waals surface area contributed by atoms with E-state index in [1.165, 1.54) is 122 Å². The molecule has 5 nitrogen and oxygen atoms in total. The number of unbranched alkanes of at least 4 members (excludes halogenated alkanes) is 22. The summed E-state index contributed by atoms with van der Waals surface area (Å²) in [5.74, 6) is -0.342. The molecule has 46 heavy (non-hydrogen) atoms. The van der Waals surface area contributed by atoms with Crippen LogP contribution in [0.3, 0.4) is 0 Å². The minimum Gasteiger partial charge on any atom is -0.394 e. The van der Waals surface area contributed by atoms with E-state index in [1.807, 2.05) is 6.08 Å². The average molecular weight is 648 g/mol. The third kappa shape index (κ3) is 32.5. The second-order valence-electron chi connectivity index (χ2n) is 13.5. The summed E-state index contributed by atoms with van der Waals surface area (Å²) < 4.78 is 0. The lowest BCUT2D eigenvalue weighted by atomic mass is 10.0. The molecule has 0 spiro atoms. The molecule has 0 aliphatic rings. The molecule has 0 aromatic heterocycles. The first-order chi connectivity index (χ1) is 22.5. The molecular weight excluding hydrogens is 570 g/mol. The molecule has 0 radical (unpaired) electrons. The van der Waals surface area contributed by atoms with Crippen molar-refractivity contribution in [3.63, 3.8) is 0 Å². The zero-order chi connectivity index (χ0) is 33.8. The quantitative estimate of drug-likeness (QED) is 0.0407. The first-order valence-corrected chi connectivity index (χ1v) is 19.8. The highest BCUT2D eigenvalue weighted by molar-refractivity contribution is 5.76. The van der Waals surface area contributed by atoms with Gasteiger partial charge in [-0.25, -0.2) is 0 Å². The van der Waals surface area contributed by atoms with E-state index in [0.29, 0.717) is 6.42 Å². The zero-order valence-electron chi connectivity index (χ0n) is 30.5. The second-order valence-corrected chi connectivity index (χ2v) is 13.5. The SMILES string of the molecule is CCCC/C=C\CCCCC(O)CC(=O)NC(CO)C(O)/C=C/CC/C=C/CCCCCCCCCCCCCCCCCCC. The van der Waals surface area contributed by atoms with Gasteiger partial charge in [0.05, 0.1) is 31.3 Å². The lowest BCUT2D eigenvalue weighted by molar-refractivity contribution is -0.124. The van der Waals surface area contributed by atoms with Gasteiger partial charge in [-0.2, -0.15) is 0 Å². The summed E-state index contributed by atoms with van der Waals surface area (Å²) in [4.78, 5) is 12.3. The summed E-state index contributed by atoms with van der Waals surface area (Å²) in [6.45, 7) is 4.12. The lowest BCUT2D eigenvalue weighted by Crippen LogP contribution is -2.45. The van der Waals surface area contributed by atoms with Gasteiger partial charge in [0.25, 0.3) is 0 Å². The Labute approximate surface area is 285 Å². The molecule has 1 amide bonds. The third-order valence-corrected chi connectivity index (χ3v) is 8.90. The smallest absolute Gasteiger partial charge is 0.222 e. The van der Waals surface area contributed by atoms with Crippen molar-refractivity contribution in [2.75, 3.05) is 6.61 Å². The summed E-state index contributed by atoms with van der Waals surface area (Å²) in [5.41, 5.74) is 0. The Morgan fingerprint density at radius 3 is 1.46 bits per heavy atom. The van der Waals surface area contributed by atoms with Crippen LogP contribution in [-0.2, 0) is 4.79 Å². The third-order valence-electron chi connectivity index (χ3n) is 8.90. The van der Waals surface area contributed by atoms with Gasteiger partial charge < -0.3 is 20.6 Å². The van der Waals surface area contributed by atoms with E-state index >= 15 is 0 Å². The summed E-state index contributed by atoms with van der Waals surface area (Å²) in [7, 11) is 0. The largest absolute Gasteiger partial charge is 0.394 e. The highest BCUT2D eigenvalue weighted by atomic mass is 16.3. The number of carbonyl (C=O) groups is 1. The van der Waals surface area contributed by atoms with Gasteiger partial charge in [0.15, 0.2) is 0 Å². The molecule has 0 fully saturated rings. The second kappa shape index (κ2) is 36.4. The van der Waals surface area contributed by atoms with Crippen LogP contribution < -0.4 is 5.32 Å². The van der Waals surface area contributed by atoms with Crippen LogP contribution in [0, 0.1) is 0 Å². The summed E-state index contributed by atoms with van der Waals surface area (Å²) in [6, 6.07) is -0.764. The lowest BCUT2D eigenvalue weighted by Gasteiger charge is -2.20. The molecule has 0 aliphatic heterocycles. The van der Waals surface area contributed by atoms with Crippen LogP contribution in [-0.4, -0.2) is 46.1 Å². The van der Waals surface area contributed by atoms with Crippen LogP contribution in [0.25, 0.3) is 0 Å². The fourth-order valence-electron chi connectivity index (χ4n) is 5.81. The van der Waals surface area contributed by atoms with Gasteiger partial charge in [0, 0.05) is 0 Å². The monoisotopic (exact) mass is 648 g/mol. The van der Waals surface area contributed by atoms with Gasteiger partial charge >= 0.3 is 0 Å². The van der Waals surface area contributed by atoms with Crippen LogP contribution in [0.1, 0.15) is 194 Å². The van der Waals surface area contributed by atoms with Gasteiger partial charge in [-0.3, -0.25) is 4.79 Å². The van der Waals surface area contributed by atoms with E-state index in [-0.39, 0.29) is 18.9 Å². The Bertz CT molecular complexity index is 719. The molecule has 270 valence electrons. The number of aliphatic hydroxyl groups is 3. The molecule has 0 aromatic rings. The fraction of sp³-hybridized carbons (Fsp3) is 0.829. The van der Waals surface area contributed by atoms with Crippen molar-refractivity contribution in [3.8, 4) is 0 Å². The van der Waals surface area contributed by atoms with Crippen LogP contribution >= 0.6 is 0 Å². The fourth-order valence-corrected chi connectivity index (χ4v) is 5.81. The molecule has 0 aliphatic carbocycles. The maximum atomic E-state index is 12.3. The van der Waals surface area contributed by atoms with Crippen LogP contribution in [0.2, 0.25) is 0 Å². The van der Waals surface area contributed by atoms with E-state index in [9.17, 15) is 20.1 Å². The molecule has 0 aromatic carbocycles. The normalized spacial score (nSPS) is 14.1. The Morgan fingerprint density at radius 1 is 0.543 bits per heavy atom. The van der Waals surface area contributed by atoms with Crippen molar-refractivity contribution in [3.05, 3.63) is 36.5 Å². The molecule has 5 heteroatoms. The summed E-state index contributed by atoms with van der Waals surface area (Å²) >= 11 is 0. The van der Waals surface area contributed by atoms with Crippen molar-refractivity contribution in [2.24, 2.45) is 0 Å². The highest BCUT2D eigenvalue weighted by Gasteiger charge is 2.20. The van der Waals surface area contributed by atoms with E-state index in [1.54, 1.807) is 6.08 Å². The first-order valence-electron chi connectivity index (χ1n) is 19.8. The number of carbonyl (C=O) groups excluding carboxylic acids is 1. The molecule has 3 atom stereocenters. The van der Waals surface area contributed by atoms with Crippen molar-refractivity contribution in [1.82, 2.24) is 5.32 Å². The molecule has 0 saturated carbocycles. The minimum atomic E-state index is -0.954. The molecule has 0 heterocycles. The zero-order valence-corrected chi connectivity index (χ0v) is 30.5. The predicted molar refractivity (Wildman–Crippen MR) is 199 cm³/mol. The van der Waals surface area contributed by atoms with Crippen molar-refractivity contribution in [2.45, 2.75) is 212 Å². The van der Waals surface area contributed by atoms with E-state index in [2.05, 4.69) is 43.5 Å². The van der Waals surface area contributed by atoms with Gasteiger partial charge in [-0.15, -0.1) is 0 Å². The van der Waals surface area contributed by atoms with E-state index in [0.717, 1.165) is 44.9 Å². The average Bonchev–Trinajstić information content (AvgIpc) is 3.05. The molecule has 0 saturated heterocycles. The number of rotatable bonds is 35. The minimum absolute atomic E-state index is 0.0104. The van der Waals surface area contributed by atoms with Crippen molar-refractivity contribution < 1.29 is 20.1 Å². The van der Waals surface area contributed by atoms with Crippen molar-refractivity contribution in [1.29, 1.82) is 0 Å². The molecule has 0 bridgehead atoms.